The molecule has 0 unspecified atom stereocenters. The smallest absolute Gasteiger partial charge is 0.414 e. The lowest BCUT2D eigenvalue weighted by atomic mass is 9.99. The number of nitrogens with one attached hydrogen (secondary N) is 1. The second-order valence-electron chi connectivity index (χ2n) is 6.53. The van der Waals surface area contributed by atoms with Gasteiger partial charge in [-0.2, -0.15) is 0 Å². The molecule has 1 aliphatic heterocycles. The van der Waals surface area contributed by atoms with E-state index in [4.69, 9.17) is 9.26 Å². The third kappa shape index (κ3) is 2.91. The highest BCUT2D eigenvalue weighted by Crippen LogP contribution is 2.37. The number of cyclic esters (lactones) is 1. The van der Waals surface area contributed by atoms with Gasteiger partial charge in [-0.15, -0.1) is 0 Å². The predicted molar refractivity (Wildman–Crippen MR) is 90.2 cm³/mol. The van der Waals surface area contributed by atoms with Crippen LogP contribution in [0.15, 0.2) is 22.9 Å². The molecule has 2 aliphatic rings. The largest absolute Gasteiger partial charge is 0.442 e. The maximum atomic E-state index is 14.9. The number of fused-ring (bicyclic) bond motifs is 3. The maximum absolute atomic E-state index is 14.9. The molecule has 0 spiro atoms. The minimum atomic E-state index is -0.543. The summed E-state index contributed by atoms with van der Waals surface area (Å²) in [5, 5.41) is 6.40. The molecule has 1 aromatic carbocycles. The van der Waals surface area contributed by atoms with E-state index in [-0.39, 0.29) is 19.0 Å². The van der Waals surface area contributed by atoms with Crippen LogP contribution in [0.25, 0.3) is 11.1 Å². The lowest BCUT2D eigenvalue weighted by Gasteiger charge is -2.17. The number of carbonyl (C=O) groups excluding carboxylic acids is 2. The normalized spacial score (nSPS) is 18.8. The van der Waals surface area contributed by atoms with Crippen LogP contribution in [0.4, 0.5) is 14.9 Å². The molecule has 8 heteroatoms. The van der Waals surface area contributed by atoms with Gasteiger partial charge < -0.3 is 14.6 Å². The van der Waals surface area contributed by atoms with Crippen molar-refractivity contribution in [1.82, 2.24) is 10.5 Å². The van der Waals surface area contributed by atoms with Gasteiger partial charge in [0.25, 0.3) is 0 Å². The highest BCUT2D eigenvalue weighted by molar-refractivity contribution is 5.90. The van der Waals surface area contributed by atoms with Crippen LogP contribution >= 0.6 is 0 Å². The van der Waals surface area contributed by atoms with Gasteiger partial charge in [0.15, 0.2) is 0 Å². The molecule has 2 aromatic rings. The quantitative estimate of drug-likeness (QED) is 0.910. The third-order valence-electron chi connectivity index (χ3n) is 4.69. The monoisotopic (exact) mass is 359 g/mol. The van der Waals surface area contributed by atoms with Crippen molar-refractivity contribution < 1.29 is 23.2 Å². The van der Waals surface area contributed by atoms with Crippen molar-refractivity contribution in [2.45, 2.75) is 32.3 Å². The number of hydrogen-bond acceptors (Lipinski definition) is 5. The number of carbonyl (C=O) groups is 2. The van der Waals surface area contributed by atoms with E-state index in [9.17, 15) is 14.0 Å². The average Bonchev–Trinajstić information content (AvgIpc) is 3.15. The van der Waals surface area contributed by atoms with Crippen molar-refractivity contribution in [1.29, 1.82) is 0 Å². The zero-order valence-corrected chi connectivity index (χ0v) is 14.3. The van der Waals surface area contributed by atoms with Gasteiger partial charge in [-0.3, -0.25) is 9.69 Å². The van der Waals surface area contributed by atoms with Crippen molar-refractivity contribution in [3.05, 3.63) is 35.5 Å². The van der Waals surface area contributed by atoms with Gasteiger partial charge in [-0.05, 0) is 30.5 Å². The number of hydrogen-bond donors (Lipinski definition) is 1. The zero-order valence-electron chi connectivity index (χ0n) is 14.3. The van der Waals surface area contributed by atoms with Gasteiger partial charge in [-0.1, -0.05) is 5.16 Å². The first kappa shape index (κ1) is 16.6. The van der Waals surface area contributed by atoms with E-state index in [1.807, 2.05) is 6.07 Å². The molecule has 2 amide bonds. The second-order valence-corrected chi connectivity index (χ2v) is 6.53. The molecule has 7 nitrogen and oxygen atoms in total. The van der Waals surface area contributed by atoms with Crippen molar-refractivity contribution in [2.75, 3.05) is 18.0 Å². The van der Waals surface area contributed by atoms with Crippen LogP contribution < -0.4 is 10.2 Å². The minimum absolute atomic E-state index is 0.194. The Bertz CT molecular complexity index is 879. The van der Waals surface area contributed by atoms with Gasteiger partial charge in [0, 0.05) is 24.5 Å². The summed E-state index contributed by atoms with van der Waals surface area (Å²) in [6.45, 7) is 1.89. The molecule has 2 heterocycles. The van der Waals surface area contributed by atoms with Crippen LogP contribution in [-0.4, -0.2) is 36.4 Å². The van der Waals surface area contributed by atoms with E-state index >= 15 is 0 Å². The van der Waals surface area contributed by atoms with Crippen molar-refractivity contribution in [2.24, 2.45) is 0 Å². The van der Waals surface area contributed by atoms with Crippen molar-refractivity contribution in [3.8, 4) is 11.1 Å². The number of halogens is 1. The fraction of sp³-hybridized carbons (Fsp3) is 0.389. The molecule has 1 N–H and O–H groups in total. The number of ether oxygens (including phenoxy) is 1. The molecule has 26 heavy (non-hydrogen) atoms. The van der Waals surface area contributed by atoms with E-state index in [2.05, 4.69) is 10.5 Å². The molecule has 136 valence electrons. The molecule has 0 radical (unpaired) electrons. The molecule has 1 aromatic heterocycles. The number of benzene rings is 1. The van der Waals surface area contributed by atoms with Crippen molar-refractivity contribution >= 4 is 17.7 Å². The summed E-state index contributed by atoms with van der Waals surface area (Å²) in [5.41, 5.74) is 2.44. The van der Waals surface area contributed by atoms with Crippen LogP contribution in [0.5, 0.6) is 0 Å². The van der Waals surface area contributed by atoms with E-state index < -0.39 is 18.0 Å². The Morgan fingerprint density at radius 1 is 1.42 bits per heavy atom. The minimum Gasteiger partial charge on any atom is -0.442 e. The number of anilines is 1. The summed E-state index contributed by atoms with van der Waals surface area (Å²) < 4.78 is 25.4. The summed E-state index contributed by atoms with van der Waals surface area (Å²) in [5.74, 6) is 0.0772. The van der Waals surface area contributed by atoms with Crippen LogP contribution in [0.3, 0.4) is 0 Å². The molecule has 4 rings (SSSR count). The van der Waals surface area contributed by atoms with E-state index in [0.29, 0.717) is 35.4 Å². The molecular formula is C18H18FN3O4. The molecule has 1 saturated heterocycles. The Hall–Kier alpha value is -2.90. The summed E-state index contributed by atoms with van der Waals surface area (Å²) >= 11 is 0. The first-order chi connectivity index (χ1) is 12.5. The summed E-state index contributed by atoms with van der Waals surface area (Å²) in [6, 6.07) is 3.16. The highest BCUT2D eigenvalue weighted by atomic mass is 19.1. The lowest BCUT2D eigenvalue weighted by Crippen LogP contribution is -2.33. The lowest BCUT2D eigenvalue weighted by molar-refractivity contribution is -0.119. The highest BCUT2D eigenvalue weighted by Gasteiger charge is 2.33. The number of aryl methyl sites for hydroxylation is 2. The SMILES string of the molecule is CC(=O)NC[C@H]1CN(c2cc(F)c3c(c2)CCCc2oncc2-3)C(=O)O1. The van der Waals surface area contributed by atoms with Crippen molar-refractivity contribution in [3.63, 3.8) is 0 Å². The molecule has 0 saturated carbocycles. The molecule has 1 fully saturated rings. The third-order valence-corrected chi connectivity index (χ3v) is 4.69. The fourth-order valence-corrected chi connectivity index (χ4v) is 3.49. The Balaban J connectivity index is 1.63. The molecule has 1 aliphatic carbocycles. The molecule has 1 atom stereocenters. The van der Waals surface area contributed by atoms with Crippen LogP contribution in [0, 0.1) is 5.82 Å². The van der Waals surface area contributed by atoms with Gasteiger partial charge in [-0.25, -0.2) is 9.18 Å². The predicted octanol–water partition coefficient (Wildman–Crippen LogP) is 2.43. The summed E-state index contributed by atoms with van der Waals surface area (Å²) in [7, 11) is 0. The Labute approximate surface area is 149 Å². The van der Waals surface area contributed by atoms with E-state index in [0.717, 1.165) is 12.0 Å². The Morgan fingerprint density at radius 3 is 3.08 bits per heavy atom. The maximum Gasteiger partial charge on any atom is 0.414 e. The molecule has 0 bridgehead atoms. The number of aromatic nitrogens is 1. The first-order valence-electron chi connectivity index (χ1n) is 8.52. The number of amides is 2. The fourth-order valence-electron chi connectivity index (χ4n) is 3.49. The number of rotatable bonds is 3. The first-order valence-corrected chi connectivity index (χ1v) is 8.52. The zero-order chi connectivity index (χ0) is 18.3. The van der Waals surface area contributed by atoms with Gasteiger partial charge in [0.1, 0.15) is 17.7 Å². The average molecular weight is 359 g/mol. The Kier molecular flexibility index (Phi) is 4.10. The van der Waals surface area contributed by atoms with Gasteiger partial charge in [0.2, 0.25) is 5.91 Å². The van der Waals surface area contributed by atoms with Crippen LogP contribution in [0.1, 0.15) is 24.7 Å². The molecular weight excluding hydrogens is 341 g/mol. The van der Waals surface area contributed by atoms with Crippen LogP contribution in [0.2, 0.25) is 0 Å². The van der Waals surface area contributed by atoms with Gasteiger partial charge in [0.05, 0.1) is 25.0 Å². The standard InChI is InChI=1S/C18H18FN3O4/c1-10(23)20-7-13-9-22(18(24)25-13)12-5-11-3-2-4-16-14(8-21-26-16)17(11)15(19)6-12/h5-6,8,13H,2-4,7,9H2,1H3,(H,20,23)/t13-/m0/s1. The van der Waals surface area contributed by atoms with Gasteiger partial charge >= 0.3 is 6.09 Å². The Morgan fingerprint density at radius 2 is 2.27 bits per heavy atom. The topological polar surface area (TPSA) is 84.7 Å². The van der Waals surface area contributed by atoms with E-state index in [1.54, 1.807) is 0 Å². The number of nitrogens with zero attached hydrogens (tertiary/aromatic N) is 2. The summed E-state index contributed by atoms with van der Waals surface area (Å²) in [4.78, 5) is 24.6. The summed E-state index contributed by atoms with van der Waals surface area (Å²) in [6.07, 6.45) is 2.73. The van der Waals surface area contributed by atoms with E-state index in [1.165, 1.54) is 24.1 Å². The van der Waals surface area contributed by atoms with Crippen LogP contribution in [-0.2, 0) is 22.4 Å². The second kappa shape index (κ2) is 6.44.